The van der Waals surface area contributed by atoms with E-state index in [9.17, 15) is 0 Å². The topological polar surface area (TPSA) is 28.4 Å². The molecule has 6 aromatic carbocycles. The third-order valence-electron chi connectivity index (χ3n) is 12.8. The van der Waals surface area contributed by atoms with E-state index in [-0.39, 0.29) is 16.2 Å². The van der Waals surface area contributed by atoms with E-state index in [1.165, 1.54) is 74.2 Å². The summed E-state index contributed by atoms with van der Waals surface area (Å²) in [5.41, 5.74) is 20.0. The summed E-state index contributed by atoms with van der Waals surface area (Å²) in [5.74, 6) is 0. The van der Waals surface area contributed by atoms with Gasteiger partial charge >= 0.3 is 0 Å². The van der Waals surface area contributed by atoms with Crippen molar-refractivity contribution in [2.75, 3.05) is 10.2 Å². The molecule has 0 atom stereocenters. The zero-order valence-corrected chi connectivity index (χ0v) is 31.4. The summed E-state index contributed by atoms with van der Waals surface area (Å²) in [6.45, 7) is 16.6. The van der Waals surface area contributed by atoms with E-state index in [2.05, 4.69) is 168 Å². The van der Waals surface area contributed by atoms with Crippen LogP contribution < -0.4 is 21.1 Å². The van der Waals surface area contributed by atoms with E-state index < -0.39 is 0 Å². The molecule has 3 aliphatic rings. The fraction of sp³-hybridized carbons (Fsp3) is 0.250. The number of nitrogens with zero attached hydrogens (tertiary/aromatic N) is 1. The van der Waals surface area contributed by atoms with Crippen molar-refractivity contribution in [2.24, 2.45) is 0 Å². The predicted molar refractivity (Wildman–Crippen MR) is 222 cm³/mol. The Morgan fingerprint density at radius 2 is 1.40 bits per heavy atom. The highest BCUT2D eigenvalue weighted by molar-refractivity contribution is 6.73. The van der Waals surface area contributed by atoms with Crippen LogP contribution in [0.15, 0.2) is 114 Å². The molecule has 0 saturated heterocycles. The number of benzene rings is 6. The van der Waals surface area contributed by atoms with Gasteiger partial charge in [-0.1, -0.05) is 114 Å². The SMILES string of the molecule is Cc1cc(-c2c(Nc3ccc4c(c3)C(C)(C)CCC4(C)C)ccc3c2oc2ccccc23)c2c(c1)N1c3ccccc3C(C)(C)c3cccc(c31)B2. The predicted octanol–water partition coefficient (Wildman–Crippen LogP) is 11.5. The molecule has 10 rings (SSSR count). The summed E-state index contributed by atoms with van der Waals surface area (Å²) in [4.78, 5) is 2.56. The van der Waals surface area contributed by atoms with Gasteiger partial charge in [0.25, 0.3) is 0 Å². The van der Waals surface area contributed by atoms with Crippen molar-refractivity contribution < 1.29 is 4.42 Å². The van der Waals surface area contributed by atoms with Gasteiger partial charge in [0.05, 0.1) is 11.4 Å². The molecule has 0 bridgehead atoms. The number of rotatable bonds is 3. The maximum atomic E-state index is 6.88. The number of anilines is 5. The Labute approximate surface area is 307 Å². The second kappa shape index (κ2) is 10.7. The number of aryl methyl sites for hydroxylation is 1. The highest BCUT2D eigenvalue weighted by atomic mass is 16.3. The lowest BCUT2D eigenvalue weighted by molar-refractivity contribution is 0.332. The molecule has 4 heteroatoms. The highest BCUT2D eigenvalue weighted by Gasteiger charge is 2.41. The van der Waals surface area contributed by atoms with Gasteiger partial charge in [-0.15, -0.1) is 0 Å². The summed E-state index contributed by atoms with van der Waals surface area (Å²) in [7, 11) is 0.848. The Morgan fingerprint density at radius 1 is 0.654 bits per heavy atom. The largest absolute Gasteiger partial charge is 0.455 e. The first-order valence-corrected chi connectivity index (χ1v) is 18.9. The van der Waals surface area contributed by atoms with Crippen LogP contribution in [0.25, 0.3) is 33.1 Å². The number of furan rings is 1. The van der Waals surface area contributed by atoms with Crippen molar-refractivity contribution in [3.8, 4) is 11.1 Å². The van der Waals surface area contributed by atoms with Gasteiger partial charge in [-0.2, -0.15) is 0 Å². The molecule has 1 N–H and O–H groups in total. The molecule has 256 valence electrons. The van der Waals surface area contributed by atoms with Crippen LogP contribution in [0.4, 0.5) is 28.4 Å². The van der Waals surface area contributed by atoms with Crippen LogP contribution in [-0.4, -0.2) is 7.28 Å². The molecule has 0 saturated carbocycles. The molecular formula is C48H45BN2O. The first-order valence-electron chi connectivity index (χ1n) is 18.9. The molecule has 52 heavy (non-hydrogen) atoms. The van der Waals surface area contributed by atoms with E-state index in [0.717, 1.165) is 46.2 Å². The maximum absolute atomic E-state index is 6.88. The Kier molecular flexibility index (Phi) is 6.46. The van der Waals surface area contributed by atoms with Crippen molar-refractivity contribution in [1.82, 2.24) is 0 Å². The maximum Gasteiger partial charge on any atom is 0.198 e. The van der Waals surface area contributed by atoms with Crippen LogP contribution in [0.1, 0.15) is 82.2 Å². The zero-order valence-electron chi connectivity index (χ0n) is 31.4. The fourth-order valence-corrected chi connectivity index (χ4v) is 9.79. The monoisotopic (exact) mass is 676 g/mol. The first-order chi connectivity index (χ1) is 24.9. The van der Waals surface area contributed by atoms with Gasteiger partial charge in [-0.25, -0.2) is 0 Å². The molecular weight excluding hydrogens is 631 g/mol. The van der Waals surface area contributed by atoms with E-state index in [1.54, 1.807) is 0 Å². The van der Waals surface area contributed by atoms with E-state index in [4.69, 9.17) is 4.42 Å². The van der Waals surface area contributed by atoms with Crippen molar-refractivity contribution in [3.63, 3.8) is 0 Å². The smallest absolute Gasteiger partial charge is 0.198 e. The Morgan fingerprint density at radius 3 is 2.25 bits per heavy atom. The summed E-state index contributed by atoms with van der Waals surface area (Å²) in [5, 5.41) is 6.25. The minimum atomic E-state index is -0.0990. The highest BCUT2D eigenvalue weighted by Crippen LogP contribution is 2.53. The van der Waals surface area contributed by atoms with Crippen molar-refractivity contribution in [2.45, 2.75) is 77.6 Å². The molecule has 0 amide bonds. The lowest BCUT2D eigenvalue weighted by Crippen LogP contribution is -2.45. The number of para-hydroxylation sites is 3. The second-order valence-corrected chi connectivity index (χ2v) is 17.4. The minimum Gasteiger partial charge on any atom is -0.455 e. The van der Waals surface area contributed by atoms with Crippen molar-refractivity contribution in [3.05, 3.63) is 137 Å². The van der Waals surface area contributed by atoms with Gasteiger partial charge in [0, 0.05) is 38.8 Å². The standard InChI is InChI=1S/C48H45BN2O/c1-28-25-32(43-40(26-28)51-39-17-10-9-14-34(39)48(6,7)35-15-12-16-37(49-43)44(35)51)42-38(22-20-31-30-13-8-11-18-41(30)52-45(31)42)50-29-19-21-33-36(27-29)47(4,5)24-23-46(33,2)3/h8-22,25-27,49-50H,23-24H2,1-7H3. The van der Waals surface area contributed by atoms with Gasteiger partial charge in [-0.05, 0) is 112 Å². The second-order valence-electron chi connectivity index (χ2n) is 17.4. The van der Waals surface area contributed by atoms with Crippen molar-refractivity contribution in [1.29, 1.82) is 0 Å². The Hall–Kier alpha value is -5.22. The lowest BCUT2D eigenvalue weighted by Gasteiger charge is -2.46. The van der Waals surface area contributed by atoms with Crippen LogP contribution in [0, 0.1) is 6.92 Å². The molecule has 1 aliphatic carbocycles. The summed E-state index contributed by atoms with van der Waals surface area (Å²) < 4.78 is 6.88. The Bertz CT molecular complexity index is 2640. The average Bonchev–Trinajstić information content (AvgIpc) is 3.50. The van der Waals surface area contributed by atoms with E-state index in [0.29, 0.717) is 0 Å². The number of nitrogens with one attached hydrogen (secondary N) is 1. The minimum absolute atomic E-state index is 0.0990. The molecule has 0 spiro atoms. The van der Waals surface area contributed by atoms with E-state index >= 15 is 0 Å². The molecule has 3 heterocycles. The molecule has 3 nitrogen and oxygen atoms in total. The Balaban J connectivity index is 1.23. The quantitative estimate of drug-likeness (QED) is 0.189. The van der Waals surface area contributed by atoms with E-state index in [1.807, 2.05) is 0 Å². The van der Waals surface area contributed by atoms with Crippen LogP contribution >= 0.6 is 0 Å². The average molecular weight is 677 g/mol. The number of hydrogen-bond donors (Lipinski definition) is 1. The van der Waals surface area contributed by atoms with Gasteiger partial charge in [0.15, 0.2) is 7.28 Å². The number of fused-ring (bicyclic) bond motifs is 8. The molecule has 7 aromatic rings. The van der Waals surface area contributed by atoms with Crippen LogP contribution in [0.5, 0.6) is 0 Å². The van der Waals surface area contributed by atoms with Gasteiger partial charge in [-0.3, -0.25) is 0 Å². The summed E-state index contributed by atoms with van der Waals surface area (Å²) in [6.07, 6.45) is 2.39. The van der Waals surface area contributed by atoms with Gasteiger partial charge in [0.2, 0.25) is 0 Å². The third-order valence-corrected chi connectivity index (χ3v) is 12.8. The normalized spacial score (nSPS) is 17.2. The van der Waals surface area contributed by atoms with Gasteiger partial charge in [0.1, 0.15) is 11.2 Å². The van der Waals surface area contributed by atoms with Gasteiger partial charge < -0.3 is 14.6 Å². The number of hydrogen-bond acceptors (Lipinski definition) is 3. The zero-order chi connectivity index (χ0) is 35.7. The molecule has 1 aromatic heterocycles. The van der Waals surface area contributed by atoms with Crippen LogP contribution in [0.2, 0.25) is 0 Å². The molecule has 2 aliphatic heterocycles. The van der Waals surface area contributed by atoms with Crippen LogP contribution in [0.3, 0.4) is 0 Å². The molecule has 0 unspecified atom stereocenters. The lowest BCUT2D eigenvalue weighted by atomic mass is 9.56. The summed E-state index contributed by atoms with van der Waals surface area (Å²) in [6, 6.07) is 40.7. The molecule has 0 radical (unpaired) electrons. The summed E-state index contributed by atoms with van der Waals surface area (Å²) >= 11 is 0. The first kappa shape index (κ1) is 31.5. The third kappa shape index (κ3) is 4.39. The fourth-order valence-electron chi connectivity index (χ4n) is 9.79. The van der Waals surface area contributed by atoms with Crippen molar-refractivity contribution >= 4 is 68.6 Å². The molecule has 0 fully saturated rings. The van der Waals surface area contributed by atoms with Crippen LogP contribution in [-0.2, 0) is 16.2 Å².